The number of hydrogen-bond donors (Lipinski definition) is 1. The second-order valence-corrected chi connectivity index (χ2v) is 6.62. The van der Waals surface area contributed by atoms with E-state index in [9.17, 15) is 4.79 Å². The van der Waals surface area contributed by atoms with Gasteiger partial charge in [0.15, 0.2) is 5.16 Å². The Morgan fingerprint density at radius 3 is 2.32 bits per heavy atom. The third kappa shape index (κ3) is 4.67. The number of benzene rings is 2. The monoisotopic (exact) mass is 349 g/mol. The van der Waals surface area contributed by atoms with E-state index in [1.54, 1.807) is 0 Å². The zero-order valence-electron chi connectivity index (χ0n) is 14.2. The number of nitrogens with one attached hydrogen (secondary N) is 1. The van der Waals surface area contributed by atoms with Gasteiger partial charge in [-0.3, -0.25) is 4.79 Å². The number of para-hydroxylation sites is 1. The molecule has 0 saturated carbocycles. The van der Waals surface area contributed by atoms with Crippen molar-refractivity contribution in [2.45, 2.75) is 19.0 Å². The molecule has 0 aliphatic rings. The minimum Gasteiger partial charge on any atom is -0.325 e. The van der Waals surface area contributed by atoms with Crippen LogP contribution in [-0.2, 0) is 4.79 Å². The molecule has 4 nitrogen and oxygen atoms in total. The van der Waals surface area contributed by atoms with Crippen molar-refractivity contribution < 1.29 is 4.79 Å². The van der Waals surface area contributed by atoms with E-state index in [1.165, 1.54) is 11.8 Å². The van der Waals surface area contributed by atoms with Crippen molar-refractivity contribution in [2.75, 3.05) is 11.1 Å². The fraction of sp³-hybridized carbons (Fsp3) is 0.150. The highest BCUT2D eigenvalue weighted by Crippen LogP contribution is 2.27. The molecule has 0 saturated heterocycles. The van der Waals surface area contributed by atoms with E-state index in [2.05, 4.69) is 15.3 Å². The molecule has 1 aromatic heterocycles. The van der Waals surface area contributed by atoms with Gasteiger partial charge in [-0.2, -0.15) is 0 Å². The maximum absolute atomic E-state index is 12.4. The molecule has 3 rings (SSSR count). The average molecular weight is 349 g/mol. The van der Waals surface area contributed by atoms with Crippen molar-refractivity contribution in [3.63, 3.8) is 0 Å². The van der Waals surface area contributed by atoms with E-state index in [-0.39, 0.29) is 11.7 Å². The van der Waals surface area contributed by atoms with Gasteiger partial charge in [-0.05, 0) is 31.5 Å². The first-order valence-corrected chi connectivity index (χ1v) is 9.00. The molecule has 0 atom stereocenters. The predicted molar refractivity (Wildman–Crippen MR) is 103 cm³/mol. The Labute approximate surface area is 151 Å². The molecule has 0 fully saturated rings. The second kappa shape index (κ2) is 7.94. The number of aromatic nitrogens is 2. The highest BCUT2D eigenvalue weighted by Gasteiger charge is 2.10. The Balaban J connectivity index is 1.69. The summed E-state index contributed by atoms with van der Waals surface area (Å²) in [7, 11) is 0. The Morgan fingerprint density at radius 1 is 0.960 bits per heavy atom. The summed E-state index contributed by atoms with van der Waals surface area (Å²) in [5.41, 5.74) is 4.70. The maximum atomic E-state index is 12.4. The normalized spacial score (nSPS) is 10.5. The van der Waals surface area contributed by atoms with E-state index in [4.69, 9.17) is 0 Å². The van der Waals surface area contributed by atoms with Gasteiger partial charge in [0, 0.05) is 22.6 Å². The molecule has 2 aromatic carbocycles. The van der Waals surface area contributed by atoms with Crippen LogP contribution in [0, 0.1) is 13.8 Å². The zero-order valence-corrected chi connectivity index (χ0v) is 15.0. The van der Waals surface area contributed by atoms with Gasteiger partial charge in [0.1, 0.15) is 0 Å². The molecule has 0 radical (unpaired) electrons. The van der Waals surface area contributed by atoms with E-state index in [0.29, 0.717) is 5.16 Å². The van der Waals surface area contributed by atoms with Crippen LogP contribution in [0.4, 0.5) is 5.69 Å². The number of nitrogens with zero attached hydrogens (tertiary/aromatic N) is 2. The molecule has 0 aliphatic heterocycles. The maximum Gasteiger partial charge on any atom is 0.234 e. The topological polar surface area (TPSA) is 54.9 Å². The molecule has 1 heterocycles. The molecule has 126 valence electrons. The summed E-state index contributed by atoms with van der Waals surface area (Å²) in [4.78, 5) is 21.1. The van der Waals surface area contributed by atoms with Crippen LogP contribution in [0.2, 0.25) is 0 Å². The predicted octanol–water partition coefficient (Wildman–Crippen LogP) is 4.49. The molecule has 5 heteroatoms. The van der Waals surface area contributed by atoms with Crippen molar-refractivity contribution >= 4 is 23.4 Å². The van der Waals surface area contributed by atoms with Crippen molar-refractivity contribution in [2.24, 2.45) is 0 Å². The van der Waals surface area contributed by atoms with Crippen molar-refractivity contribution in [3.8, 4) is 11.1 Å². The van der Waals surface area contributed by atoms with Crippen LogP contribution in [0.25, 0.3) is 11.1 Å². The highest BCUT2D eigenvalue weighted by molar-refractivity contribution is 7.99. The summed E-state index contributed by atoms with van der Waals surface area (Å²) in [6.07, 6.45) is 0. The number of thioether (sulfide) groups is 1. The molecule has 0 bridgehead atoms. The molecule has 1 amide bonds. The van der Waals surface area contributed by atoms with E-state index >= 15 is 0 Å². The van der Waals surface area contributed by atoms with Gasteiger partial charge in [0.25, 0.3) is 0 Å². The average Bonchev–Trinajstić information content (AvgIpc) is 2.60. The molecule has 1 N–H and O–H groups in total. The molecule has 0 unspecified atom stereocenters. The van der Waals surface area contributed by atoms with Crippen LogP contribution in [0.5, 0.6) is 0 Å². The number of rotatable bonds is 5. The number of hydrogen-bond acceptors (Lipinski definition) is 4. The van der Waals surface area contributed by atoms with E-state index in [0.717, 1.165) is 28.2 Å². The largest absolute Gasteiger partial charge is 0.325 e. The van der Waals surface area contributed by atoms with Crippen LogP contribution in [0.3, 0.4) is 0 Å². The second-order valence-electron chi connectivity index (χ2n) is 5.68. The van der Waals surface area contributed by atoms with Gasteiger partial charge < -0.3 is 5.32 Å². The lowest BCUT2D eigenvalue weighted by Crippen LogP contribution is -2.15. The zero-order chi connectivity index (χ0) is 17.6. The molecule has 0 spiro atoms. The Hall–Kier alpha value is -2.66. The number of carbonyl (C=O) groups excluding carboxylic acids is 1. The Morgan fingerprint density at radius 2 is 1.60 bits per heavy atom. The van der Waals surface area contributed by atoms with Gasteiger partial charge >= 0.3 is 0 Å². The van der Waals surface area contributed by atoms with Crippen LogP contribution >= 0.6 is 11.8 Å². The Kier molecular flexibility index (Phi) is 5.46. The Bertz CT molecular complexity index is 861. The SMILES string of the molecule is Cc1cc(C)nc(SCC(=O)Nc2ccccc2-c2ccccc2)n1. The van der Waals surface area contributed by atoms with Gasteiger partial charge in [-0.25, -0.2) is 9.97 Å². The summed E-state index contributed by atoms with van der Waals surface area (Å²) in [5, 5.41) is 3.62. The lowest BCUT2D eigenvalue weighted by atomic mass is 10.0. The van der Waals surface area contributed by atoms with Crippen molar-refractivity contribution in [1.82, 2.24) is 9.97 Å². The summed E-state index contributed by atoms with van der Waals surface area (Å²) in [6, 6.07) is 19.7. The molecular weight excluding hydrogens is 330 g/mol. The van der Waals surface area contributed by atoms with Gasteiger partial charge in [0.05, 0.1) is 5.75 Å². The van der Waals surface area contributed by atoms with Crippen LogP contribution in [-0.4, -0.2) is 21.6 Å². The lowest BCUT2D eigenvalue weighted by molar-refractivity contribution is -0.113. The number of aryl methyl sites for hydroxylation is 2. The molecule has 25 heavy (non-hydrogen) atoms. The first-order chi connectivity index (χ1) is 12.1. The minimum absolute atomic E-state index is 0.0730. The van der Waals surface area contributed by atoms with E-state index in [1.807, 2.05) is 74.5 Å². The smallest absolute Gasteiger partial charge is 0.234 e. The first-order valence-electron chi connectivity index (χ1n) is 8.01. The lowest BCUT2D eigenvalue weighted by Gasteiger charge is -2.11. The van der Waals surface area contributed by atoms with Crippen LogP contribution in [0.15, 0.2) is 65.8 Å². The number of anilines is 1. The fourth-order valence-electron chi connectivity index (χ4n) is 2.54. The van der Waals surface area contributed by atoms with Crippen LogP contribution in [0.1, 0.15) is 11.4 Å². The van der Waals surface area contributed by atoms with Gasteiger partial charge in [0.2, 0.25) is 5.91 Å². The highest BCUT2D eigenvalue weighted by atomic mass is 32.2. The summed E-state index contributed by atoms with van der Waals surface area (Å²) in [5.74, 6) is 0.197. The third-order valence-corrected chi connectivity index (χ3v) is 4.43. The summed E-state index contributed by atoms with van der Waals surface area (Å²) < 4.78 is 0. The number of carbonyl (C=O) groups is 1. The third-order valence-electron chi connectivity index (χ3n) is 3.58. The summed E-state index contributed by atoms with van der Waals surface area (Å²) in [6.45, 7) is 3.85. The van der Waals surface area contributed by atoms with Gasteiger partial charge in [-0.1, -0.05) is 60.3 Å². The molecule has 0 aliphatic carbocycles. The van der Waals surface area contributed by atoms with Crippen LogP contribution < -0.4 is 5.32 Å². The quantitative estimate of drug-likeness (QED) is 0.545. The summed E-state index contributed by atoms with van der Waals surface area (Å²) >= 11 is 1.34. The van der Waals surface area contributed by atoms with Crippen molar-refractivity contribution in [3.05, 3.63) is 72.1 Å². The fourth-order valence-corrected chi connectivity index (χ4v) is 3.29. The molecular formula is C20H19N3OS. The van der Waals surface area contributed by atoms with Gasteiger partial charge in [-0.15, -0.1) is 0 Å². The molecule has 3 aromatic rings. The first kappa shape index (κ1) is 17.2. The standard InChI is InChI=1S/C20H19N3OS/c1-14-12-15(2)22-20(21-14)25-13-19(24)23-18-11-7-6-10-17(18)16-8-4-3-5-9-16/h3-12H,13H2,1-2H3,(H,23,24). The van der Waals surface area contributed by atoms with Crippen molar-refractivity contribution in [1.29, 1.82) is 0 Å². The van der Waals surface area contributed by atoms with E-state index < -0.39 is 0 Å². The number of amides is 1. The minimum atomic E-state index is -0.0730.